The number of carboxylic acid groups (broad SMARTS) is 1. The fourth-order valence-corrected chi connectivity index (χ4v) is 1.29. The molecule has 0 heterocycles. The van der Waals surface area contributed by atoms with Gasteiger partial charge in [-0.2, -0.15) is 0 Å². The quantitative estimate of drug-likeness (QED) is 0.255. The minimum absolute atomic E-state index is 0.415. The van der Waals surface area contributed by atoms with Crippen molar-refractivity contribution in [3.05, 3.63) is 12.7 Å². The molecule has 15 heavy (non-hydrogen) atoms. The van der Waals surface area contributed by atoms with E-state index in [9.17, 15) is 4.79 Å². The van der Waals surface area contributed by atoms with E-state index in [1.807, 2.05) is 0 Å². The van der Waals surface area contributed by atoms with Gasteiger partial charge in [0.05, 0.1) is 0 Å². The maximum Gasteiger partial charge on any atom is 0.320 e. The van der Waals surface area contributed by atoms with Gasteiger partial charge in [0, 0.05) is 12.3 Å². The molecule has 1 unspecified atom stereocenters. The van der Waals surface area contributed by atoms with Crippen LogP contribution in [0, 0.1) is 0 Å². The lowest BCUT2D eigenvalue weighted by Crippen LogP contribution is -2.30. The van der Waals surface area contributed by atoms with Gasteiger partial charge in [-0.05, 0) is 12.8 Å². The molecule has 0 amide bonds. The summed E-state index contributed by atoms with van der Waals surface area (Å²) in [5.74, 6) is -0.253. The van der Waals surface area contributed by atoms with Crippen LogP contribution in [-0.2, 0) is 4.79 Å². The molecule has 0 saturated heterocycles. The Balaban J connectivity index is 3.59. The van der Waals surface area contributed by atoms with Gasteiger partial charge in [0.25, 0.3) is 0 Å². The summed E-state index contributed by atoms with van der Waals surface area (Å²) in [6.45, 7) is 4.07. The molecule has 86 valence electrons. The molecule has 0 aliphatic rings. The van der Waals surface area contributed by atoms with Gasteiger partial charge < -0.3 is 16.6 Å². The van der Waals surface area contributed by atoms with E-state index < -0.39 is 12.0 Å². The minimum atomic E-state index is -0.979. The van der Waals surface area contributed by atoms with E-state index in [0.717, 1.165) is 5.75 Å². The van der Waals surface area contributed by atoms with Gasteiger partial charge in [-0.1, -0.05) is 17.8 Å². The van der Waals surface area contributed by atoms with Crippen LogP contribution >= 0.6 is 11.8 Å². The summed E-state index contributed by atoms with van der Waals surface area (Å²) < 4.78 is 0. The minimum Gasteiger partial charge on any atom is -0.480 e. The van der Waals surface area contributed by atoms with Crippen LogP contribution in [0.2, 0.25) is 0 Å². The standard InChI is InChI=1S/C9H17N3O2S/c1-2-6-15-9(11)12-5-3-4-7(10)8(13)14/h2,7H,1,3-6,10H2,(H2,11,12)(H,13,14). The molecular weight excluding hydrogens is 214 g/mol. The van der Waals surface area contributed by atoms with Crippen LogP contribution in [0.15, 0.2) is 17.6 Å². The predicted octanol–water partition coefficient (Wildman–Crippen LogP) is 0.412. The van der Waals surface area contributed by atoms with Crippen molar-refractivity contribution in [1.82, 2.24) is 0 Å². The van der Waals surface area contributed by atoms with E-state index in [2.05, 4.69) is 11.6 Å². The van der Waals surface area contributed by atoms with Crippen LogP contribution in [0.1, 0.15) is 12.8 Å². The molecule has 5 nitrogen and oxygen atoms in total. The average Bonchev–Trinajstić information content (AvgIpc) is 2.20. The van der Waals surface area contributed by atoms with Crippen LogP contribution in [0.4, 0.5) is 0 Å². The van der Waals surface area contributed by atoms with Crippen molar-refractivity contribution in [2.45, 2.75) is 18.9 Å². The maximum atomic E-state index is 10.4. The summed E-state index contributed by atoms with van der Waals surface area (Å²) in [5, 5.41) is 9.00. The Labute approximate surface area is 93.6 Å². The van der Waals surface area contributed by atoms with E-state index >= 15 is 0 Å². The normalized spacial score (nSPS) is 13.5. The second-order valence-electron chi connectivity index (χ2n) is 2.91. The molecule has 0 aromatic carbocycles. The van der Waals surface area contributed by atoms with E-state index in [4.69, 9.17) is 16.6 Å². The van der Waals surface area contributed by atoms with E-state index in [1.54, 1.807) is 6.08 Å². The first-order valence-corrected chi connectivity index (χ1v) is 5.58. The number of carboxylic acids is 1. The lowest BCUT2D eigenvalue weighted by Gasteiger charge is -2.04. The lowest BCUT2D eigenvalue weighted by molar-refractivity contribution is -0.138. The molecule has 0 aliphatic heterocycles. The number of thioether (sulfide) groups is 1. The van der Waals surface area contributed by atoms with Gasteiger partial charge >= 0.3 is 5.97 Å². The second kappa shape index (κ2) is 8.31. The van der Waals surface area contributed by atoms with Crippen molar-refractivity contribution in [1.29, 1.82) is 0 Å². The van der Waals surface area contributed by atoms with Crippen molar-refractivity contribution in [3.63, 3.8) is 0 Å². The molecular formula is C9H17N3O2S. The van der Waals surface area contributed by atoms with Gasteiger partial charge in [-0.15, -0.1) is 6.58 Å². The van der Waals surface area contributed by atoms with Gasteiger partial charge in [0.2, 0.25) is 0 Å². The molecule has 0 fully saturated rings. The Morgan fingerprint density at radius 2 is 2.33 bits per heavy atom. The van der Waals surface area contributed by atoms with E-state index in [0.29, 0.717) is 24.6 Å². The zero-order chi connectivity index (χ0) is 11.7. The molecule has 0 aromatic rings. The number of nitrogens with two attached hydrogens (primary N) is 2. The highest BCUT2D eigenvalue weighted by atomic mass is 32.2. The van der Waals surface area contributed by atoms with Gasteiger partial charge in [-0.25, -0.2) is 0 Å². The summed E-state index contributed by atoms with van der Waals surface area (Å²) in [5.41, 5.74) is 10.9. The molecule has 0 radical (unpaired) electrons. The van der Waals surface area contributed by atoms with Gasteiger partial charge in [-0.3, -0.25) is 9.79 Å². The van der Waals surface area contributed by atoms with Crippen LogP contribution in [0.25, 0.3) is 0 Å². The molecule has 5 N–H and O–H groups in total. The van der Waals surface area contributed by atoms with Crippen molar-refractivity contribution >= 4 is 22.9 Å². The smallest absolute Gasteiger partial charge is 0.320 e. The highest BCUT2D eigenvalue weighted by Crippen LogP contribution is 2.01. The number of hydrogen-bond donors (Lipinski definition) is 3. The van der Waals surface area contributed by atoms with Crippen molar-refractivity contribution in [2.24, 2.45) is 16.5 Å². The fraction of sp³-hybridized carbons (Fsp3) is 0.556. The van der Waals surface area contributed by atoms with Gasteiger partial charge in [0.15, 0.2) is 5.17 Å². The molecule has 0 aliphatic carbocycles. The highest BCUT2D eigenvalue weighted by molar-refractivity contribution is 8.13. The number of hydrogen-bond acceptors (Lipinski definition) is 4. The number of amidine groups is 1. The van der Waals surface area contributed by atoms with Crippen molar-refractivity contribution in [3.8, 4) is 0 Å². The lowest BCUT2D eigenvalue weighted by atomic mass is 10.2. The zero-order valence-corrected chi connectivity index (χ0v) is 9.37. The number of carbonyl (C=O) groups is 1. The first-order chi connectivity index (χ1) is 7.07. The maximum absolute atomic E-state index is 10.4. The Bertz CT molecular complexity index is 244. The van der Waals surface area contributed by atoms with E-state index in [-0.39, 0.29) is 0 Å². The number of aliphatic imine (C=N–C) groups is 1. The number of aliphatic carboxylic acids is 1. The van der Waals surface area contributed by atoms with Crippen LogP contribution < -0.4 is 11.5 Å². The number of nitrogens with zero attached hydrogens (tertiary/aromatic N) is 1. The second-order valence-corrected chi connectivity index (χ2v) is 3.95. The van der Waals surface area contributed by atoms with Crippen molar-refractivity contribution < 1.29 is 9.90 Å². The Kier molecular flexibility index (Phi) is 7.75. The highest BCUT2D eigenvalue weighted by Gasteiger charge is 2.09. The Hall–Kier alpha value is -1.01. The molecule has 0 aromatic heterocycles. The third kappa shape index (κ3) is 8.02. The Morgan fingerprint density at radius 3 is 2.87 bits per heavy atom. The van der Waals surface area contributed by atoms with Crippen LogP contribution in [-0.4, -0.2) is 34.6 Å². The topological polar surface area (TPSA) is 102 Å². The largest absolute Gasteiger partial charge is 0.480 e. The summed E-state index contributed by atoms with van der Waals surface area (Å²) >= 11 is 1.40. The zero-order valence-electron chi connectivity index (χ0n) is 8.56. The summed E-state index contributed by atoms with van der Waals surface area (Å²) in [6.07, 6.45) is 2.79. The molecule has 0 bridgehead atoms. The summed E-state index contributed by atoms with van der Waals surface area (Å²) in [6, 6.07) is -0.803. The molecule has 0 spiro atoms. The monoisotopic (exact) mass is 231 g/mol. The summed E-state index contributed by atoms with van der Waals surface area (Å²) in [7, 11) is 0. The average molecular weight is 231 g/mol. The molecule has 6 heteroatoms. The third-order valence-electron chi connectivity index (χ3n) is 1.61. The molecule has 0 saturated carbocycles. The first-order valence-electron chi connectivity index (χ1n) is 4.60. The number of rotatable bonds is 7. The SMILES string of the molecule is C=CCSC(N)=NCCCC(N)C(=O)O. The van der Waals surface area contributed by atoms with E-state index in [1.165, 1.54) is 11.8 Å². The predicted molar refractivity (Wildman–Crippen MR) is 64.0 cm³/mol. The van der Waals surface area contributed by atoms with Crippen LogP contribution in [0.5, 0.6) is 0 Å². The van der Waals surface area contributed by atoms with Gasteiger partial charge in [0.1, 0.15) is 6.04 Å². The third-order valence-corrected chi connectivity index (χ3v) is 2.43. The molecule has 0 rings (SSSR count). The fourth-order valence-electron chi connectivity index (χ4n) is 0.814. The molecule has 1 atom stereocenters. The van der Waals surface area contributed by atoms with Crippen LogP contribution in [0.3, 0.4) is 0 Å². The Morgan fingerprint density at radius 1 is 1.67 bits per heavy atom. The van der Waals surface area contributed by atoms with Crippen molar-refractivity contribution in [2.75, 3.05) is 12.3 Å². The summed E-state index contributed by atoms with van der Waals surface area (Å²) in [4.78, 5) is 14.4. The first kappa shape index (κ1) is 14.0.